The fourth-order valence-electron chi connectivity index (χ4n) is 1.21. The van der Waals surface area contributed by atoms with Gasteiger partial charge in [0.05, 0.1) is 0 Å². The molecule has 4 heteroatoms. The summed E-state index contributed by atoms with van der Waals surface area (Å²) in [5.41, 5.74) is 4.78. The molecule has 0 saturated carbocycles. The zero-order valence-corrected chi connectivity index (χ0v) is 8.90. The Bertz CT molecular complexity index is 301. The zero-order chi connectivity index (χ0) is 11.1. The van der Waals surface area contributed by atoms with E-state index in [4.69, 9.17) is 4.74 Å². The number of hydrogen-bond acceptors (Lipinski definition) is 2. The summed E-state index contributed by atoms with van der Waals surface area (Å²) in [6.07, 6.45) is 0. The summed E-state index contributed by atoms with van der Waals surface area (Å²) in [5, 5.41) is 2.80. The summed E-state index contributed by atoms with van der Waals surface area (Å²) < 4.78 is 4.85. The second-order valence-corrected chi connectivity index (χ2v) is 3.36. The topological polar surface area (TPSA) is 66.0 Å². The van der Waals surface area contributed by atoms with E-state index in [1.807, 2.05) is 30.3 Å². The number of carbonyl (C=O) groups excluding carboxylic acids is 1. The molecule has 0 aromatic heterocycles. The molecule has 0 aliphatic heterocycles. The summed E-state index contributed by atoms with van der Waals surface area (Å²) in [6, 6.07) is 9.42. The van der Waals surface area contributed by atoms with Gasteiger partial charge in [0, 0.05) is 13.7 Å². The Hall–Kier alpha value is -1.39. The number of quaternary nitrogens is 1. The van der Waals surface area contributed by atoms with Crippen molar-refractivity contribution in [3.05, 3.63) is 35.9 Å². The Morgan fingerprint density at radius 3 is 2.73 bits per heavy atom. The monoisotopic (exact) mass is 209 g/mol. The van der Waals surface area contributed by atoms with Crippen LogP contribution in [-0.4, -0.2) is 25.7 Å². The average molecular weight is 209 g/mol. The molecular formula is C11H17N2O2+. The minimum Gasteiger partial charge on any atom is -0.378 e. The lowest BCUT2D eigenvalue weighted by Crippen LogP contribution is -2.69. The first-order valence-electron chi connectivity index (χ1n) is 4.87. The lowest BCUT2D eigenvalue weighted by Gasteiger charge is -2.08. The largest absolute Gasteiger partial charge is 0.378 e. The van der Waals surface area contributed by atoms with Crippen LogP contribution in [-0.2, 0) is 16.1 Å². The van der Waals surface area contributed by atoms with Gasteiger partial charge in [-0.05, 0) is 5.56 Å². The number of benzene rings is 1. The van der Waals surface area contributed by atoms with Crippen LogP contribution in [0.25, 0.3) is 0 Å². The maximum absolute atomic E-state index is 11.5. The van der Waals surface area contributed by atoms with Crippen LogP contribution in [0.1, 0.15) is 5.56 Å². The minimum absolute atomic E-state index is 0.0827. The Morgan fingerprint density at radius 2 is 2.13 bits per heavy atom. The van der Waals surface area contributed by atoms with E-state index in [0.29, 0.717) is 13.2 Å². The van der Waals surface area contributed by atoms with E-state index >= 15 is 0 Å². The second-order valence-electron chi connectivity index (χ2n) is 3.36. The van der Waals surface area contributed by atoms with Gasteiger partial charge in [0.15, 0.2) is 6.04 Å². The molecule has 1 aromatic carbocycles. The number of ether oxygens (including phenoxy) is 1. The Kier molecular flexibility index (Phi) is 4.80. The molecule has 0 fully saturated rings. The van der Waals surface area contributed by atoms with Crippen LogP contribution >= 0.6 is 0 Å². The highest BCUT2D eigenvalue weighted by Gasteiger charge is 2.15. The van der Waals surface area contributed by atoms with Crippen molar-refractivity contribution in [2.24, 2.45) is 0 Å². The lowest BCUT2D eigenvalue weighted by atomic mass is 10.2. The normalized spacial score (nSPS) is 12.1. The standard InChI is InChI=1S/C11H16N2O2/c1-15-8-10(12)11(14)13-7-9-5-3-2-4-6-9/h2-6,10H,7-8,12H2,1H3,(H,13,14)/p+1/t10-/m1/s1. The number of rotatable bonds is 5. The first kappa shape index (κ1) is 11.7. The molecule has 1 aromatic rings. The molecule has 0 radical (unpaired) electrons. The molecular weight excluding hydrogens is 192 g/mol. The molecule has 0 aliphatic rings. The van der Waals surface area contributed by atoms with E-state index in [1.165, 1.54) is 0 Å². The van der Waals surface area contributed by atoms with Gasteiger partial charge in [0.2, 0.25) is 0 Å². The van der Waals surface area contributed by atoms with E-state index in [2.05, 4.69) is 11.1 Å². The quantitative estimate of drug-likeness (QED) is 0.690. The summed E-state index contributed by atoms with van der Waals surface area (Å²) in [5.74, 6) is -0.0827. The third-order valence-electron chi connectivity index (χ3n) is 2.05. The van der Waals surface area contributed by atoms with Crippen molar-refractivity contribution >= 4 is 5.91 Å². The summed E-state index contributed by atoms with van der Waals surface area (Å²) in [4.78, 5) is 11.5. The molecule has 82 valence electrons. The number of amides is 1. The van der Waals surface area contributed by atoms with Gasteiger partial charge in [-0.15, -0.1) is 0 Å². The zero-order valence-electron chi connectivity index (χ0n) is 8.90. The SMILES string of the molecule is COC[C@@H]([NH3+])C(=O)NCc1ccccc1. The van der Waals surface area contributed by atoms with E-state index in [9.17, 15) is 4.79 Å². The molecule has 0 saturated heterocycles. The fourth-order valence-corrected chi connectivity index (χ4v) is 1.21. The number of hydrogen-bond donors (Lipinski definition) is 2. The lowest BCUT2D eigenvalue weighted by molar-refractivity contribution is -0.409. The molecule has 0 spiro atoms. The van der Waals surface area contributed by atoms with Crippen molar-refractivity contribution in [3.63, 3.8) is 0 Å². The van der Waals surface area contributed by atoms with Crippen LogP contribution in [0.3, 0.4) is 0 Å². The molecule has 4 nitrogen and oxygen atoms in total. The van der Waals surface area contributed by atoms with Gasteiger partial charge < -0.3 is 15.8 Å². The van der Waals surface area contributed by atoms with E-state index in [-0.39, 0.29) is 11.9 Å². The first-order chi connectivity index (χ1) is 7.24. The van der Waals surface area contributed by atoms with Gasteiger partial charge in [-0.2, -0.15) is 0 Å². The van der Waals surface area contributed by atoms with Crippen molar-refractivity contribution in [2.75, 3.05) is 13.7 Å². The molecule has 1 atom stereocenters. The van der Waals surface area contributed by atoms with Crippen LogP contribution in [0.4, 0.5) is 0 Å². The van der Waals surface area contributed by atoms with Gasteiger partial charge in [-0.3, -0.25) is 4.79 Å². The van der Waals surface area contributed by atoms with Crippen LogP contribution in [0.5, 0.6) is 0 Å². The third-order valence-corrected chi connectivity index (χ3v) is 2.05. The molecule has 15 heavy (non-hydrogen) atoms. The predicted octanol–water partition coefficient (Wildman–Crippen LogP) is -0.440. The average Bonchev–Trinajstić information content (AvgIpc) is 2.27. The summed E-state index contributed by atoms with van der Waals surface area (Å²) in [6.45, 7) is 0.885. The van der Waals surface area contributed by atoms with Crippen molar-refractivity contribution in [3.8, 4) is 0 Å². The fraction of sp³-hybridized carbons (Fsp3) is 0.364. The molecule has 0 unspecified atom stereocenters. The second kappa shape index (κ2) is 6.16. The Morgan fingerprint density at radius 1 is 1.47 bits per heavy atom. The van der Waals surface area contributed by atoms with Crippen LogP contribution in [0.15, 0.2) is 30.3 Å². The van der Waals surface area contributed by atoms with Gasteiger partial charge >= 0.3 is 0 Å². The summed E-state index contributed by atoms with van der Waals surface area (Å²) >= 11 is 0. The van der Waals surface area contributed by atoms with Crippen molar-refractivity contribution in [1.29, 1.82) is 0 Å². The van der Waals surface area contributed by atoms with Gasteiger partial charge in [0.25, 0.3) is 5.91 Å². The highest BCUT2D eigenvalue weighted by molar-refractivity contribution is 5.80. The highest BCUT2D eigenvalue weighted by atomic mass is 16.5. The van der Waals surface area contributed by atoms with Crippen LogP contribution < -0.4 is 11.1 Å². The summed E-state index contributed by atoms with van der Waals surface area (Å²) in [7, 11) is 1.56. The number of nitrogens with one attached hydrogen (secondary N) is 1. The van der Waals surface area contributed by atoms with Gasteiger partial charge in [-0.1, -0.05) is 30.3 Å². The van der Waals surface area contributed by atoms with Crippen molar-refractivity contribution in [1.82, 2.24) is 5.32 Å². The minimum atomic E-state index is -0.348. The maximum atomic E-state index is 11.5. The molecule has 0 heterocycles. The van der Waals surface area contributed by atoms with E-state index < -0.39 is 0 Å². The Labute approximate surface area is 89.4 Å². The van der Waals surface area contributed by atoms with Gasteiger partial charge in [0.1, 0.15) is 6.61 Å². The van der Waals surface area contributed by atoms with E-state index in [0.717, 1.165) is 5.56 Å². The van der Waals surface area contributed by atoms with Gasteiger partial charge in [-0.25, -0.2) is 0 Å². The smallest absolute Gasteiger partial charge is 0.280 e. The number of carbonyl (C=O) groups is 1. The highest BCUT2D eigenvalue weighted by Crippen LogP contribution is 1.97. The van der Waals surface area contributed by atoms with Crippen LogP contribution in [0.2, 0.25) is 0 Å². The molecule has 1 rings (SSSR count). The first-order valence-corrected chi connectivity index (χ1v) is 4.87. The number of methoxy groups -OCH3 is 1. The predicted molar refractivity (Wildman–Crippen MR) is 56.8 cm³/mol. The Balaban J connectivity index is 2.34. The van der Waals surface area contributed by atoms with E-state index in [1.54, 1.807) is 7.11 Å². The molecule has 0 bridgehead atoms. The molecule has 1 amide bonds. The van der Waals surface area contributed by atoms with Crippen molar-refractivity contribution in [2.45, 2.75) is 12.6 Å². The molecule has 4 N–H and O–H groups in total. The van der Waals surface area contributed by atoms with Crippen molar-refractivity contribution < 1.29 is 15.3 Å². The molecule has 0 aliphatic carbocycles. The van der Waals surface area contributed by atoms with Crippen LogP contribution in [0, 0.1) is 0 Å². The maximum Gasteiger partial charge on any atom is 0.280 e. The third kappa shape index (κ3) is 4.10.